The molecule has 0 aromatic carbocycles. The van der Waals surface area contributed by atoms with E-state index < -0.39 is 5.92 Å². The zero-order chi connectivity index (χ0) is 15.1. The highest BCUT2D eigenvalue weighted by molar-refractivity contribution is 7.99. The number of carbonyl (C=O) groups excluding carboxylic acids is 1. The van der Waals surface area contributed by atoms with E-state index in [1.807, 2.05) is 13.8 Å². The predicted molar refractivity (Wildman–Crippen MR) is 79.6 cm³/mol. The van der Waals surface area contributed by atoms with Crippen LogP contribution in [0.25, 0.3) is 0 Å². The van der Waals surface area contributed by atoms with Gasteiger partial charge in [-0.2, -0.15) is 16.7 Å². The topological polar surface area (TPSA) is 65.2 Å². The van der Waals surface area contributed by atoms with Crippen molar-refractivity contribution in [2.45, 2.75) is 58.0 Å². The van der Waals surface area contributed by atoms with Crippen LogP contribution in [0.3, 0.4) is 0 Å². The number of thioether (sulfide) groups is 1. The lowest BCUT2D eigenvalue weighted by Gasteiger charge is -2.14. The summed E-state index contributed by atoms with van der Waals surface area (Å²) in [7, 11) is 0. The Bertz CT molecular complexity index is 420. The van der Waals surface area contributed by atoms with E-state index in [1.165, 1.54) is 0 Å². The Hall–Kier alpha value is -1.04. The molecular formula is C14H24N2O3S. The third-order valence-corrected chi connectivity index (χ3v) is 4.36. The van der Waals surface area contributed by atoms with Crippen LogP contribution in [0.5, 0.6) is 0 Å². The molecule has 0 aliphatic carbocycles. The second-order valence-corrected chi connectivity index (χ2v) is 6.48. The first-order valence-electron chi connectivity index (χ1n) is 7.10. The molecule has 0 aliphatic heterocycles. The Morgan fingerprint density at radius 3 is 2.60 bits per heavy atom. The third-order valence-electron chi connectivity index (χ3n) is 3.03. The van der Waals surface area contributed by atoms with Crippen molar-refractivity contribution in [2.24, 2.45) is 5.92 Å². The van der Waals surface area contributed by atoms with Gasteiger partial charge in [-0.3, -0.25) is 4.79 Å². The minimum Gasteiger partial charge on any atom is -0.465 e. The molecule has 0 saturated heterocycles. The maximum atomic E-state index is 12.0. The van der Waals surface area contributed by atoms with Gasteiger partial charge in [0, 0.05) is 5.25 Å². The van der Waals surface area contributed by atoms with Crippen LogP contribution in [0, 0.1) is 5.92 Å². The van der Waals surface area contributed by atoms with Crippen molar-refractivity contribution >= 4 is 17.7 Å². The van der Waals surface area contributed by atoms with E-state index in [0.717, 1.165) is 6.42 Å². The maximum Gasteiger partial charge on any atom is 0.318 e. The van der Waals surface area contributed by atoms with Gasteiger partial charge in [0.15, 0.2) is 5.82 Å². The highest BCUT2D eigenvalue weighted by Crippen LogP contribution is 2.26. The zero-order valence-corrected chi connectivity index (χ0v) is 13.7. The Labute approximate surface area is 124 Å². The summed E-state index contributed by atoms with van der Waals surface area (Å²) in [5.74, 6) is 0.978. The van der Waals surface area contributed by atoms with Gasteiger partial charge in [0.05, 0.1) is 12.4 Å². The molecule has 0 radical (unpaired) electrons. The molecule has 1 rings (SSSR count). The van der Waals surface area contributed by atoms with Crippen molar-refractivity contribution in [2.75, 3.05) is 6.61 Å². The monoisotopic (exact) mass is 300 g/mol. The Morgan fingerprint density at radius 1 is 1.35 bits per heavy atom. The fourth-order valence-corrected chi connectivity index (χ4v) is 2.46. The standard InChI is InChI=1S/C14H24N2O3S/c1-6-10(5)20-8-11-15-13(19-16-11)12(9(3)4)14(17)18-7-2/h9-10,12H,6-8H2,1-5H3. The molecular weight excluding hydrogens is 276 g/mol. The van der Waals surface area contributed by atoms with Crippen molar-refractivity contribution in [1.29, 1.82) is 0 Å². The van der Waals surface area contributed by atoms with Gasteiger partial charge in [0.25, 0.3) is 0 Å². The summed E-state index contributed by atoms with van der Waals surface area (Å²) in [5.41, 5.74) is 0. The molecule has 2 atom stereocenters. The zero-order valence-electron chi connectivity index (χ0n) is 12.9. The van der Waals surface area contributed by atoms with Gasteiger partial charge in [-0.15, -0.1) is 0 Å². The van der Waals surface area contributed by atoms with Gasteiger partial charge in [-0.05, 0) is 19.3 Å². The number of hydrogen-bond acceptors (Lipinski definition) is 6. The van der Waals surface area contributed by atoms with Gasteiger partial charge in [-0.25, -0.2) is 0 Å². The lowest BCUT2D eigenvalue weighted by Crippen LogP contribution is -2.21. The van der Waals surface area contributed by atoms with Crippen LogP contribution in [0.1, 0.15) is 58.7 Å². The summed E-state index contributed by atoms with van der Waals surface area (Å²) < 4.78 is 10.3. The molecule has 1 aromatic heterocycles. The van der Waals surface area contributed by atoms with E-state index in [-0.39, 0.29) is 11.9 Å². The molecule has 0 amide bonds. The Kier molecular flexibility index (Phi) is 7.05. The highest BCUT2D eigenvalue weighted by Gasteiger charge is 2.31. The number of nitrogens with zero attached hydrogens (tertiary/aromatic N) is 2. The minimum atomic E-state index is -0.482. The lowest BCUT2D eigenvalue weighted by atomic mass is 9.96. The van der Waals surface area contributed by atoms with Crippen LogP contribution in [0.15, 0.2) is 4.52 Å². The van der Waals surface area contributed by atoms with Crippen molar-refractivity contribution in [3.05, 3.63) is 11.7 Å². The van der Waals surface area contributed by atoms with Gasteiger partial charge in [0.2, 0.25) is 5.89 Å². The summed E-state index contributed by atoms with van der Waals surface area (Å²) in [6, 6.07) is 0. The molecule has 1 heterocycles. The Morgan fingerprint density at radius 2 is 2.05 bits per heavy atom. The lowest BCUT2D eigenvalue weighted by molar-refractivity contribution is -0.146. The van der Waals surface area contributed by atoms with Gasteiger partial charge in [0.1, 0.15) is 5.92 Å². The van der Waals surface area contributed by atoms with E-state index in [2.05, 4.69) is 24.0 Å². The summed E-state index contributed by atoms with van der Waals surface area (Å²) in [5, 5.41) is 4.51. The number of rotatable bonds is 8. The summed E-state index contributed by atoms with van der Waals surface area (Å²) in [6.07, 6.45) is 1.10. The van der Waals surface area contributed by atoms with E-state index in [1.54, 1.807) is 18.7 Å². The second kappa shape index (κ2) is 8.29. The summed E-state index contributed by atoms with van der Waals surface area (Å²) in [6.45, 7) is 10.3. The molecule has 2 unspecified atom stereocenters. The molecule has 0 aliphatic rings. The highest BCUT2D eigenvalue weighted by atomic mass is 32.2. The number of ether oxygens (including phenoxy) is 1. The predicted octanol–water partition coefficient (Wildman–Crippen LogP) is 3.40. The van der Waals surface area contributed by atoms with Crippen LogP contribution in [-0.4, -0.2) is 28.0 Å². The fraction of sp³-hybridized carbons (Fsp3) is 0.786. The molecule has 0 saturated carbocycles. The van der Waals surface area contributed by atoms with E-state index in [4.69, 9.17) is 9.26 Å². The number of aromatic nitrogens is 2. The fourth-order valence-electron chi connectivity index (χ4n) is 1.68. The smallest absolute Gasteiger partial charge is 0.318 e. The molecule has 1 aromatic rings. The Balaban J connectivity index is 2.73. The van der Waals surface area contributed by atoms with Gasteiger partial charge in [-0.1, -0.05) is 32.9 Å². The summed E-state index contributed by atoms with van der Waals surface area (Å²) >= 11 is 1.78. The van der Waals surface area contributed by atoms with E-state index in [9.17, 15) is 4.79 Å². The first-order chi connectivity index (χ1) is 9.49. The second-order valence-electron chi connectivity index (χ2n) is 5.05. The third kappa shape index (κ3) is 4.81. The summed E-state index contributed by atoms with van der Waals surface area (Å²) in [4.78, 5) is 16.3. The molecule has 114 valence electrons. The molecule has 20 heavy (non-hydrogen) atoms. The molecule has 5 nitrogen and oxygen atoms in total. The quantitative estimate of drug-likeness (QED) is 0.685. The molecule has 0 spiro atoms. The normalized spacial score (nSPS) is 14.3. The maximum absolute atomic E-state index is 12.0. The number of carbonyl (C=O) groups is 1. The largest absolute Gasteiger partial charge is 0.465 e. The van der Waals surface area contributed by atoms with Crippen LogP contribution in [-0.2, 0) is 15.3 Å². The van der Waals surface area contributed by atoms with E-state index >= 15 is 0 Å². The van der Waals surface area contributed by atoms with Gasteiger partial charge >= 0.3 is 5.97 Å². The van der Waals surface area contributed by atoms with Gasteiger partial charge < -0.3 is 9.26 Å². The average molecular weight is 300 g/mol. The molecule has 0 bridgehead atoms. The van der Waals surface area contributed by atoms with Crippen molar-refractivity contribution in [3.63, 3.8) is 0 Å². The minimum absolute atomic E-state index is 0.0598. The van der Waals surface area contributed by atoms with Crippen molar-refractivity contribution < 1.29 is 14.1 Å². The van der Waals surface area contributed by atoms with Crippen molar-refractivity contribution in [1.82, 2.24) is 10.1 Å². The van der Waals surface area contributed by atoms with Crippen LogP contribution in [0.4, 0.5) is 0 Å². The average Bonchev–Trinajstić information content (AvgIpc) is 2.84. The van der Waals surface area contributed by atoms with Crippen LogP contribution >= 0.6 is 11.8 Å². The van der Waals surface area contributed by atoms with Crippen LogP contribution < -0.4 is 0 Å². The number of esters is 1. The SMILES string of the molecule is CCOC(=O)C(c1nc(CSC(C)CC)no1)C(C)C. The first-order valence-corrected chi connectivity index (χ1v) is 8.15. The van der Waals surface area contributed by atoms with E-state index in [0.29, 0.717) is 29.3 Å². The molecule has 0 N–H and O–H groups in total. The first kappa shape index (κ1) is 17.0. The van der Waals surface area contributed by atoms with Crippen LogP contribution in [0.2, 0.25) is 0 Å². The molecule has 6 heteroatoms. The number of hydrogen-bond donors (Lipinski definition) is 0. The van der Waals surface area contributed by atoms with Crippen molar-refractivity contribution in [3.8, 4) is 0 Å². The molecule has 0 fully saturated rings.